The lowest BCUT2D eigenvalue weighted by atomic mass is 10.1. The van der Waals surface area contributed by atoms with E-state index in [1.807, 2.05) is 11.2 Å². The Morgan fingerprint density at radius 1 is 1.30 bits per heavy atom. The van der Waals surface area contributed by atoms with Gasteiger partial charge in [-0.3, -0.25) is 4.90 Å². The van der Waals surface area contributed by atoms with Gasteiger partial charge in [0.05, 0.1) is 18.1 Å². The second kappa shape index (κ2) is 5.69. The van der Waals surface area contributed by atoms with Crippen LogP contribution in [0.15, 0.2) is 24.5 Å². The molecule has 1 atom stereocenters. The molecule has 1 N–H and O–H groups in total. The summed E-state index contributed by atoms with van der Waals surface area (Å²) < 4.78 is 29.3. The van der Waals surface area contributed by atoms with Crippen LogP contribution in [0, 0.1) is 11.6 Å². The van der Waals surface area contributed by atoms with Gasteiger partial charge >= 0.3 is 0 Å². The van der Waals surface area contributed by atoms with Crippen LogP contribution in [0.5, 0.6) is 0 Å². The number of imidazole rings is 1. The van der Waals surface area contributed by atoms with Gasteiger partial charge in [-0.2, -0.15) is 0 Å². The molecule has 0 radical (unpaired) electrons. The highest BCUT2D eigenvalue weighted by molar-refractivity contribution is 5.22. The van der Waals surface area contributed by atoms with Crippen molar-refractivity contribution in [3.63, 3.8) is 0 Å². The van der Waals surface area contributed by atoms with Crippen LogP contribution >= 0.6 is 0 Å². The normalized spacial score (nSPS) is 19.6. The first-order valence-corrected chi connectivity index (χ1v) is 8.02. The molecule has 1 aromatic carbocycles. The minimum atomic E-state index is -1.04. The molecule has 122 valence electrons. The molecule has 0 amide bonds. The highest BCUT2D eigenvalue weighted by atomic mass is 19.1. The first kappa shape index (κ1) is 14.8. The molecule has 1 aromatic heterocycles. The number of benzene rings is 1. The predicted molar refractivity (Wildman–Crippen MR) is 80.8 cm³/mol. The molecule has 4 nitrogen and oxygen atoms in total. The van der Waals surface area contributed by atoms with Crippen molar-refractivity contribution in [2.24, 2.45) is 0 Å². The van der Waals surface area contributed by atoms with Crippen LogP contribution in [0.25, 0.3) is 0 Å². The number of β-amino-alcohol motifs (C(OH)–C–C–N with tert-alkyl or cyclic N) is 1. The standard InChI is InChI=1S/C17H19F2N3O/c18-11-1-4-14(19)13(7-11)17(23)9-21-6-5-16-15(8-21)20-10-22(16)12-2-3-12/h1,4,7,10,12,17,23H,2-3,5-6,8-9H2. The molecule has 6 heteroatoms. The molecule has 2 heterocycles. The van der Waals surface area contributed by atoms with Gasteiger partial charge in [-0.15, -0.1) is 0 Å². The van der Waals surface area contributed by atoms with Crippen molar-refractivity contribution in [2.75, 3.05) is 13.1 Å². The minimum Gasteiger partial charge on any atom is -0.387 e. The van der Waals surface area contributed by atoms with E-state index in [-0.39, 0.29) is 12.1 Å². The summed E-state index contributed by atoms with van der Waals surface area (Å²) in [5.41, 5.74) is 2.34. The summed E-state index contributed by atoms with van der Waals surface area (Å²) in [6.07, 6.45) is 4.20. The first-order valence-electron chi connectivity index (χ1n) is 8.02. The third-order valence-electron chi connectivity index (χ3n) is 4.71. The fourth-order valence-electron chi connectivity index (χ4n) is 3.32. The number of aliphatic hydroxyl groups excluding tert-OH is 1. The number of nitrogens with zero attached hydrogens (tertiary/aromatic N) is 3. The van der Waals surface area contributed by atoms with E-state index in [9.17, 15) is 13.9 Å². The average Bonchev–Trinajstić information content (AvgIpc) is 3.29. The Labute approximate surface area is 133 Å². The molecule has 0 spiro atoms. The van der Waals surface area contributed by atoms with Gasteiger partial charge in [-0.05, 0) is 31.0 Å². The largest absolute Gasteiger partial charge is 0.387 e. The van der Waals surface area contributed by atoms with E-state index >= 15 is 0 Å². The maximum Gasteiger partial charge on any atom is 0.129 e. The smallest absolute Gasteiger partial charge is 0.129 e. The zero-order valence-corrected chi connectivity index (χ0v) is 12.8. The summed E-state index contributed by atoms with van der Waals surface area (Å²) in [7, 11) is 0. The third-order valence-corrected chi connectivity index (χ3v) is 4.71. The van der Waals surface area contributed by atoms with Crippen molar-refractivity contribution in [3.05, 3.63) is 53.1 Å². The molecule has 1 unspecified atom stereocenters. The molecule has 1 aliphatic carbocycles. The number of aromatic nitrogens is 2. The van der Waals surface area contributed by atoms with Gasteiger partial charge in [0.15, 0.2) is 0 Å². The highest BCUT2D eigenvalue weighted by Gasteiger charge is 2.30. The van der Waals surface area contributed by atoms with Gasteiger partial charge in [0.1, 0.15) is 11.6 Å². The monoisotopic (exact) mass is 319 g/mol. The summed E-state index contributed by atoms with van der Waals surface area (Å²) in [6.45, 7) is 1.71. The van der Waals surface area contributed by atoms with Crippen molar-refractivity contribution in [1.29, 1.82) is 0 Å². The molecule has 0 bridgehead atoms. The summed E-state index contributed by atoms with van der Waals surface area (Å²) in [6, 6.07) is 3.80. The van der Waals surface area contributed by atoms with Crippen LogP contribution in [-0.2, 0) is 13.0 Å². The lowest BCUT2D eigenvalue weighted by Gasteiger charge is -2.29. The number of rotatable bonds is 4. The molecular formula is C17H19F2N3O. The minimum absolute atomic E-state index is 0.0132. The molecule has 0 saturated heterocycles. The fourth-order valence-corrected chi connectivity index (χ4v) is 3.32. The SMILES string of the molecule is OC(CN1CCc2c(ncn2C2CC2)C1)c1cc(F)ccc1F. The highest BCUT2D eigenvalue weighted by Crippen LogP contribution is 2.37. The average molecular weight is 319 g/mol. The van der Waals surface area contributed by atoms with Crippen LogP contribution in [0.2, 0.25) is 0 Å². The molecular weight excluding hydrogens is 300 g/mol. The zero-order valence-electron chi connectivity index (χ0n) is 12.8. The molecule has 2 aromatic rings. The van der Waals surface area contributed by atoms with Gasteiger partial charge in [-0.25, -0.2) is 13.8 Å². The van der Waals surface area contributed by atoms with E-state index in [0.717, 1.165) is 36.9 Å². The number of fused-ring (bicyclic) bond motifs is 1. The van der Waals surface area contributed by atoms with Crippen LogP contribution in [-0.4, -0.2) is 32.6 Å². The molecule has 2 aliphatic rings. The fraction of sp³-hybridized carbons (Fsp3) is 0.471. The number of halogens is 2. The van der Waals surface area contributed by atoms with E-state index in [1.54, 1.807) is 0 Å². The second-order valence-electron chi connectivity index (χ2n) is 6.44. The van der Waals surface area contributed by atoms with Crippen LogP contribution in [0.3, 0.4) is 0 Å². The number of aliphatic hydroxyl groups is 1. The maximum absolute atomic E-state index is 13.8. The van der Waals surface area contributed by atoms with E-state index in [4.69, 9.17) is 0 Å². The Bertz CT molecular complexity index is 727. The molecule has 23 heavy (non-hydrogen) atoms. The lowest BCUT2D eigenvalue weighted by molar-refractivity contribution is 0.101. The Morgan fingerprint density at radius 3 is 2.91 bits per heavy atom. The Morgan fingerprint density at radius 2 is 2.13 bits per heavy atom. The van der Waals surface area contributed by atoms with Gasteiger partial charge < -0.3 is 9.67 Å². The lowest BCUT2D eigenvalue weighted by Crippen LogP contribution is -2.34. The predicted octanol–water partition coefficient (Wildman–Crippen LogP) is 2.59. The summed E-state index contributed by atoms with van der Waals surface area (Å²) in [4.78, 5) is 6.53. The molecule has 1 saturated carbocycles. The van der Waals surface area contributed by atoms with E-state index in [0.29, 0.717) is 12.6 Å². The molecule has 4 rings (SSSR count). The van der Waals surface area contributed by atoms with Crippen molar-refractivity contribution in [2.45, 2.75) is 38.0 Å². The maximum atomic E-state index is 13.8. The first-order chi connectivity index (χ1) is 11.1. The number of hydrogen-bond acceptors (Lipinski definition) is 3. The summed E-state index contributed by atoms with van der Waals surface area (Å²) >= 11 is 0. The second-order valence-corrected chi connectivity index (χ2v) is 6.44. The summed E-state index contributed by atoms with van der Waals surface area (Å²) in [5, 5.41) is 10.3. The Kier molecular flexibility index (Phi) is 3.66. The van der Waals surface area contributed by atoms with Gasteiger partial charge in [0.25, 0.3) is 0 Å². The van der Waals surface area contributed by atoms with Crippen LogP contribution < -0.4 is 0 Å². The molecule has 1 aliphatic heterocycles. The van der Waals surface area contributed by atoms with Gasteiger partial charge in [-0.1, -0.05) is 0 Å². The van der Waals surface area contributed by atoms with Crippen molar-refractivity contribution in [3.8, 4) is 0 Å². The summed E-state index contributed by atoms with van der Waals surface area (Å²) in [5.74, 6) is -1.11. The zero-order chi connectivity index (χ0) is 16.0. The van der Waals surface area contributed by atoms with E-state index in [2.05, 4.69) is 9.55 Å². The third kappa shape index (κ3) is 2.88. The quantitative estimate of drug-likeness (QED) is 0.942. The van der Waals surface area contributed by atoms with Gasteiger partial charge in [0, 0.05) is 43.4 Å². The topological polar surface area (TPSA) is 41.3 Å². The van der Waals surface area contributed by atoms with Crippen molar-refractivity contribution in [1.82, 2.24) is 14.5 Å². The van der Waals surface area contributed by atoms with E-state index in [1.165, 1.54) is 18.5 Å². The molecule has 1 fully saturated rings. The van der Waals surface area contributed by atoms with Crippen molar-refractivity contribution < 1.29 is 13.9 Å². The Balaban J connectivity index is 1.46. The van der Waals surface area contributed by atoms with Crippen molar-refractivity contribution >= 4 is 0 Å². The Hall–Kier alpha value is -1.79. The number of hydrogen-bond donors (Lipinski definition) is 1. The van der Waals surface area contributed by atoms with E-state index < -0.39 is 17.7 Å². The van der Waals surface area contributed by atoms with Gasteiger partial charge in [0.2, 0.25) is 0 Å². The van der Waals surface area contributed by atoms with Crippen LogP contribution in [0.4, 0.5) is 8.78 Å². The van der Waals surface area contributed by atoms with Crippen LogP contribution in [0.1, 0.15) is 41.9 Å².